The van der Waals surface area contributed by atoms with Crippen LogP contribution < -0.4 is 5.32 Å². The van der Waals surface area contributed by atoms with Crippen LogP contribution >= 0.6 is 0 Å². The van der Waals surface area contributed by atoms with E-state index in [0.29, 0.717) is 31.7 Å². The number of esters is 1. The van der Waals surface area contributed by atoms with Gasteiger partial charge in [0.2, 0.25) is 0 Å². The molecule has 0 spiro atoms. The zero-order valence-corrected chi connectivity index (χ0v) is 15.3. The molecule has 0 aliphatic heterocycles. The summed E-state index contributed by atoms with van der Waals surface area (Å²) in [6.07, 6.45) is 4.66. The van der Waals surface area contributed by atoms with Gasteiger partial charge in [-0.15, -0.1) is 0 Å². The first-order valence-corrected chi connectivity index (χ1v) is 9.21. The molecule has 0 saturated heterocycles. The fraction of sp³-hybridized carbons (Fsp3) is 0.833. The fourth-order valence-electron chi connectivity index (χ4n) is 2.79. The molecule has 0 bridgehead atoms. The highest BCUT2D eigenvalue weighted by molar-refractivity contribution is 5.70. The van der Waals surface area contributed by atoms with Gasteiger partial charge < -0.3 is 19.9 Å². The number of carbonyl (C=O) groups is 3. The van der Waals surface area contributed by atoms with Gasteiger partial charge in [-0.1, -0.05) is 20.3 Å². The Kier molecular flexibility index (Phi) is 9.96. The highest BCUT2D eigenvalue weighted by Gasteiger charge is 2.26. The average molecular weight is 357 g/mol. The van der Waals surface area contributed by atoms with Crippen molar-refractivity contribution >= 4 is 18.0 Å². The SMILES string of the molecule is CCCCC(=O)OCC(C)COC(=O)NCC1CCC(C(=O)O)CC1. The van der Waals surface area contributed by atoms with Crippen molar-refractivity contribution in [1.29, 1.82) is 0 Å². The van der Waals surface area contributed by atoms with E-state index in [2.05, 4.69) is 5.32 Å². The van der Waals surface area contributed by atoms with Gasteiger partial charge in [-0.2, -0.15) is 0 Å². The van der Waals surface area contributed by atoms with Crippen LogP contribution in [0.15, 0.2) is 0 Å². The molecule has 7 heteroatoms. The molecule has 1 aliphatic rings. The number of unbranched alkanes of at least 4 members (excludes halogenated alkanes) is 1. The molecule has 144 valence electrons. The van der Waals surface area contributed by atoms with Crippen LogP contribution in [0.5, 0.6) is 0 Å². The molecule has 0 radical (unpaired) electrons. The molecule has 0 aromatic carbocycles. The minimum atomic E-state index is -0.727. The maximum atomic E-state index is 11.7. The van der Waals surface area contributed by atoms with Crippen molar-refractivity contribution < 1.29 is 29.0 Å². The molecule has 1 fully saturated rings. The van der Waals surface area contributed by atoms with E-state index >= 15 is 0 Å². The van der Waals surface area contributed by atoms with Gasteiger partial charge in [0.25, 0.3) is 0 Å². The average Bonchev–Trinajstić information content (AvgIpc) is 2.61. The number of carbonyl (C=O) groups excluding carboxylic acids is 2. The van der Waals surface area contributed by atoms with Gasteiger partial charge in [0.15, 0.2) is 0 Å². The first-order valence-electron chi connectivity index (χ1n) is 9.21. The topological polar surface area (TPSA) is 102 Å². The summed E-state index contributed by atoms with van der Waals surface area (Å²) < 4.78 is 10.3. The van der Waals surface area contributed by atoms with Gasteiger partial charge >= 0.3 is 18.0 Å². The van der Waals surface area contributed by atoms with Crippen molar-refractivity contribution in [2.45, 2.75) is 58.8 Å². The molecule has 1 amide bonds. The predicted molar refractivity (Wildman–Crippen MR) is 92.1 cm³/mol. The summed E-state index contributed by atoms with van der Waals surface area (Å²) in [4.78, 5) is 34.0. The third-order valence-electron chi connectivity index (χ3n) is 4.49. The summed E-state index contributed by atoms with van der Waals surface area (Å²) in [5.74, 6) is -0.933. The number of alkyl carbamates (subject to hydrolysis) is 1. The molecule has 1 atom stereocenters. The lowest BCUT2D eigenvalue weighted by atomic mass is 9.82. The Labute approximate surface area is 149 Å². The Morgan fingerprint density at radius 3 is 2.36 bits per heavy atom. The van der Waals surface area contributed by atoms with E-state index < -0.39 is 12.1 Å². The first-order chi connectivity index (χ1) is 11.9. The van der Waals surface area contributed by atoms with Crippen LogP contribution in [0.2, 0.25) is 0 Å². The van der Waals surface area contributed by atoms with E-state index in [9.17, 15) is 14.4 Å². The number of rotatable bonds is 10. The monoisotopic (exact) mass is 357 g/mol. The second-order valence-corrected chi connectivity index (χ2v) is 6.93. The van der Waals surface area contributed by atoms with Crippen LogP contribution in [0.3, 0.4) is 0 Å². The van der Waals surface area contributed by atoms with Gasteiger partial charge in [-0.25, -0.2) is 4.79 Å². The molecule has 1 aliphatic carbocycles. The largest absolute Gasteiger partial charge is 0.481 e. The van der Waals surface area contributed by atoms with Crippen molar-refractivity contribution in [2.24, 2.45) is 17.8 Å². The number of ether oxygens (including phenoxy) is 2. The molecule has 2 N–H and O–H groups in total. The summed E-state index contributed by atoms with van der Waals surface area (Å²) in [6.45, 7) is 4.81. The number of hydrogen-bond acceptors (Lipinski definition) is 5. The Morgan fingerprint density at radius 2 is 1.76 bits per heavy atom. The van der Waals surface area contributed by atoms with E-state index in [1.54, 1.807) is 0 Å². The Hall–Kier alpha value is -1.79. The predicted octanol–water partition coefficient (Wildman–Crippen LogP) is 2.97. The van der Waals surface area contributed by atoms with Crippen LogP contribution in [-0.4, -0.2) is 42.9 Å². The van der Waals surface area contributed by atoms with Crippen molar-refractivity contribution in [2.75, 3.05) is 19.8 Å². The molecule has 1 saturated carbocycles. The Bertz CT molecular complexity index is 431. The Morgan fingerprint density at radius 1 is 1.12 bits per heavy atom. The molecule has 7 nitrogen and oxygen atoms in total. The number of amides is 1. The lowest BCUT2D eigenvalue weighted by Crippen LogP contribution is -2.33. The quantitative estimate of drug-likeness (QED) is 0.583. The maximum absolute atomic E-state index is 11.7. The summed E-state index contributed by atoms with van der Waals surface area (Å²) in [5.41, 5.74) is 0. The highest BCUT2D eigenvalue weighted by Crippen LogP contribution is 2.28. The fourth-order valence-corrected chi connectivity index (χ4v) is 2.79. The third kappa shape index (κ3) is 9.31. The number of carboxylic acid groups (broad SMARTS) is 1. The van der Waals surface area contributed by atoms with Gasteiger partial charge in [0.1, 0.15) is 0 Å². The van der Waals surface area contributed by atoms with Crippen molar-refractivity contribution in [3.63, 3.8) is 0 Å². The van der Waals surface area contributed by atoms with E-state index in [1.807, 2.05) is 13.8 Å². The smallest absolute Gasteiger partial charge is 0.407 e. The van der Waals surface area contributed by atoms with E-state index in [-0.39, 0.29) is 31.0 Å². The summed E-state index contributed by atoms with van der Waals surface area (Å²) in [6, 6.07) is 0. The van der Waals surface area contributed by atoms with Crippen LogP contribution in [0.4, 0.5) is 4.79 Å². The standard InChI is InChI=1S/C18H31NO6/c1-3-4-5-16(20)24-11-13(2)12-25-18(23)19-10-14-6-8-15(9-7-14)17(21)22/h13-15H,3-12H2,1-2H3,(H,19,23)(H,21,22). The van der Waals surface area contributed by atoms with Gasteiger partial charge in [0.05, 0.1) is 19.1 Å². The van der Waals surface area contributed by atoms with Crippen molar-refractivity contribution in [3.8, 4) is 0 Å². The maximum Gasteiger partial charge on any atom is 0.407 e. The molecular weight excluding hydrogens is 326 g/mol. The lowest BCUT2D eigenvalue weighted by Gasteiger charge is -2.26. The van der Waals surface area contributed by atoms with Crippen molar-refractivity contribution in [3.05, 3.63) is 0 Å². The van der Waals surface area contributed by atoms with Crippen LogP contribution in [0.25, 0.3) is 0 Å². The number of carboxylic acids is 1. The minimum Gasteiger partial charge on any atom is -0.481 e. The Balaban J connectivity index is 2.08. The summed E-state index contributed by atoms with van der Waals surface area (Å²) in [7, 11) is 0. The summed E-state index contributed by atoms with van der Waals surface area (Å²) >= 11 is 0. The van der Waals surface area contributed by atoms with Crippen LogP contribution in [-0.2, 0) is 19.1 Å². The minimum absolute atomic E-state index is 0.0534. The van der Waals surface area contributed by atoms with E-state index in [1.165, 1.54) is 0 Å². The van der Waals surface area contributed by atoms with E-state index in [4.69, 9.17) is 14.6 Å². The zero-order chi connectivity index (χ0) is 18.7. The number of hydrogen-bond donors (Lipinski definition) is 2. The second-order valence-electron chi connectivity index (χ2n) is 6.93. The molecule has 0 aromatic rings. The second kappa shape index (κ2) is 11.7. The third-order valence-corrected chi connectivity index (χ3v) is 4.49. The van der Waals surface area contributed by atoms with Crippen LogP contribution in [0, 0.1) is 17.8 Å². The molecule has 0 heterocycles. The van der Waals surface area contributed by atoms with Gasteiger partial charge in [0, 0.05) is 18.9 Å². The first kappa shape index (κ1) is 21.3. The molecule has 1 rings (SSSR count). The lowest BCUT2D eigenvalue weighted by molar-refractivity contribution is -0.145. The van der Waals surface area contributed by atoms with Gasteiger partial charge in [-0.05, 0) is 38.0 Å². The number of aliphatic carboxylic acids is 1. The molecule has 0 aromatic heterocycles. The van der Waals surface area contributed by atoms with Crippen molar-refractivity contribution in [1.82, 2.24) is 5.32 Å². The number of nitrogens with one attached hydrogen (secondary N) is 1. The summed E-state index contributed by atoms with van der Waals surface area (Å²) in [5, 5.41) is 11.7. The van der Waals surface area contributed by atoms with Gasteiger partial charge in [-0.3, -0.25) is 9.59 Å². The normalized spacial score (nSPS) is 21.2. The molecular formula is C18H31NO6. The molecule has 1 unspecified atom stereocenters. The van der Waals surface area contributed by atoms with Crippen LogP contribution in [0.1, 0.15) is 58.8 Å². The van der Waals surface area contributed by atoms with E-state index in [0.717, 1.165) is 25.7 Å². The molecule has 25 heavy (non-hydrogen) atoms. The zero-order valence-electron chi connectivity index (χ0n) is 15.3. The highest BCUT2D eigenvalue weighted by atomic mass is 16.6.